The Labute approximate surface area is 103 Å². The molecule has 0 atom stereocenters. The van der Waals surface area contributed by atoms with E-state index >= 15 is 0 Å². The van der Waals surface area contributed by atoms with Crippen molar-refractivity contribution in [2.75, 3.05) is 12.8 Å². The maximum atomic E-state index is 3.41. The van der Waals surface area contributed by atoms with Crippen molar-refractivity contribution >= 4 is 16.9 Å². The van der Waals surface area contributed by atoms with Crippen LogP contribution in [0, 0.1) is 0 Å². The van der Waals surface area contributed by atoms with Gasteiger partial charge in [0.1, 0.15) is 6.54 Å². The van der Waals surface area contributed by atoms with Crippen LogP contribution in [-0.2, 0) is 6.54 Å². The van der Waals surface area contributed by atoms with Gasteiger partial charge in [0.2, 0.25) is 0 Å². The first-order chi connectivity index (χ1) is 7.86. The molecule has 0 saturated heterocycles. The summed E-state index contributed by atoms with van der Waals surface area (Å²) in [7, 11) is 0. The molecule has 2 N–H and O–H groups in total. The predicted octanol–water partition coefficient (Wildman–Crippen LogP) is 1.38. The average Bonchev–Trinajstić information content (AvgIpc) is 2.35. The van der Waals surface area contributed by atoms with E-state index in [0.29, 0.717) is 0 Å². The van der Waals surface area contributed by atoms with Crippen molar-refractivity contribution in [2.24, 2.45) is 0 Å². The van der Waals surface area contributed by atoms with E-state index < -0.39 is 0 Å². The van der Waals surface area contributed by atoms with Gasteiger partial charge < -0.3 is 0 Å². The normalized spacial score (nSPS) is 11.5. The molecule has 0 aliphatic heterocycles. The fourth-order valence-electron chi connectivity index (χ4n) is 1.36. The van der Waals surface area contributed by atoms with Crippen LogP contribution < -0.4 is 10.3 Å². The van der Waals surface area contributed by atoms with Crippen LogP contribution in [0.25, 0.3) is 0 Å². The fraction of sp³-hybridized carbons (Fsp3) is 0.462. The first-order valence-corrected chi connectivity index (χ1v) is 7.02. The molecule has 0 amide bonds. The number of amidine groups is 1. The van der Waals surface area contributed by atoms with Crippen LogP contribution in [-0.4, -0.2) is 18.0 Å². The van der Waals surface area contributed by atoms with Gasteiger partial charge in [0.15, 0.2) is 0 Å². The third-order valence-corrected chi connectivity index (χ3v) is 3.01. The van der Waals surface area contributed by atoms with E-state index in [9.17, 15) is 0 Å². The van der Waals surface area contributed by atoms with Crippen LogP contribution in [0.5, 0.6) is 0 Å². The minimum Gasteiger partial charge on any atom is -0.269 e. The van der Waals surface area contributed by atoms with Crippen molar-refractivity contribution in [3.8, 4) is 0 Å². The number of nitrogens with one attached hydrogen (secondary N) is 2. The second-order valence-electron chi connectivity index (χ2n) is 3.65. The van der Waals surface area contributed by atoms with Gasteiger partial charge in [0.25, 0.3) is 0 Å². The molecule has 0 radical (unpaired) electrons. The first kappa shape index (κ1) is 13.1. The van der Waals surface area contributed by atoms with E-state index in [1.165, 1.54) is 18.4 Å². The summed E-state index contributed by atoms with van der Waals surface area (Å²) < 4.78 is 0. The van der Waals surface area contributed by atoms with Crippen molar-refractivity contribution in [1.29, 1.82) is 0 Å². The molecule has 0 fully saturated rings. The quantitative estimate of drug-likeness (QED) is 0.460. The Morgan fingerprint density at radius 1 is 1.31 bits per heavy atom. The van der Waals surface area contributed by atoms with Gasteiger partial charge in [-0.3, -0.25) is 10.3 Å². The fourth-order valence-corrected chi connectivity index (χ4v) is 1.83. The number of hydrogen-bond acceptors (Lipinski definition) is 1. The van der Waals surface area contributed by atoms with E-state index in [1.54, 1.807) is 11.8 Å². The summed E-state index contributed by atoms with van der Waals surface area (Å²) in [4.78, 5) is 3.41. The summed E-state index contributed by atoms with van der Waals surface area (Å²) >= 11 is 1.73. The third-order valence-electron chi connectivity index (χ3n) is 2.32. The van der Waals surface area contributed by atoms with Gasteiger partial charge >= 0.3 is 5.17 Å². The van der Waals surface area contributed by atoms with Gasteiger partial charge in [-0.15, -0.1) is 0 Å². The minimum atomic E-state index is 0.885. The third kappa shape index (κ3) is 5.21. The summed E-state index contributed by atoms with van der Waals surface area (Å²) in [6, 6.07) is 10.5. The van der Waals surface area contributed by atoms with Crippen LogP contribution in [0.4, 0.5) is 0 Å². The monoisotopic (exact) mass is 237 g/mol. The lowest BCUT2D eigenvalue weighted by molar-refractivity contribution is -0.474. The molecule has 0 aliphatic carbocycles. The largest absolute Gasteiger partial charge is 0.304 e. The zero-order chi connectivity index (χ0) is 11.6. The van der Waals surface area contributed by atoms with Crippen LogP contribution in [0.1, 0.15) is 25.3 Å². The van der Waals surface area contributed by atoms with Gasteiger partial charge in [0, 0.05) is 0 Å². The lowest BCUT2D eigenvalue weighted by Gasteiger charge is -2.00. The maximum absolute atomic E-state index is 3.41. The molecule has 0 bridgehead atoms. The van der Waals surface area contributed by atoms with Crippen LogP contribution in [0.2, 0.25) is 0 Å². The van der Waals surface area contributed by atoms with Crippen molar-refractivity contribution < 1.29 is 4.99 Å². The first-order valence-electron chi connectivity index (χ1n) is 5.79. The molecule has 16 heavy (non-hydrogen) atoms. The van der Waals surface area contributed by atoms with E-state index in [1.807, 2.05) is 6.07 Å². The molecular weight excluding hydrogens is 216 g/mol. The van der Waals surface area contributed by atoms with Crippen LogP contribution in [0.15, 0.2) is 30.3 Å². The molecule has 0 unspecified atom stereocenters. The molecule has 3 heteroatoms. The lowest BCUT2D eigenvalue weighted by atomic mass is 10.2. The summed E-state index contributed by atoms with van der Waals surface area (Å²) in [5.41, 5.74) is 1.31. The summed E-state index contributed by atoms with van der Waals surface area (Å²) in [5, 5.41) is 4.57. The highest BCUT2D eigenvalue weighted by Crippen LogP contribution is 1.94. The van der Waals surface area contributed by atoms with Crippen molar-refractivity contribution in [2.45, 2.75) is 26.3 Å². The Hall–Kier alpha value is -0.960. The Bertz CT molecular complexity index is 309. The van der Waals surface area contributed by atoms with Gasteiger partial charge in [-0.1, -0.05) is 43.7 Å². The van der Waals surface area contributed by atoms with Crippen molar-refractivity contribution in [1.82, 2.24) is 5.32 Å². The second-order valence-corrected chi connectivity index (χ2v) is 4.47. The van der Waals surface area contributed by atoms with Gasteiger partial charge in [0.05, 0.1) is 6.54 Å². The molecule has 0 aromatic heterocycles. The Morgan fingerprint density at radius 2 is 2.06 bits per heavy atom. The minimum absolute atomic E-state index is 0.885. The van der Waals surface area contributed by atoms with E-state index in [-0.39, 0.29) is 0 Å². The Kier molecular flexibility index (Phi) is 6.74. The van der Waals surface area contributed by atoms with E-state index in [0.717, 1.165) is 18.3 Å². The Balaban J connectivity index is 2.40. The summed E-state index contributed by atoms with van der Waals surface area (Å²) in [6.07, 6.45) is 4.54. The zero-order valence-electron chi connectivity index (χ0n) is 10.1. The molecule has 88 valence electrons. The molecular formula is C13H21N2S+. The van der Waals surface area contributed by atoms with E-state index in [2.05, 4.69) is 47.8 Å². The molecule has 2 nitrogen and oxygen atoms in total. The number of unbranched alkanes of at least 4 members (excludes halogenated alkanes) is 1. The highest BCUT2D eigenvalue weighted by atomic mass is 32.2. The molecule has 1 rings (SSSR count). The number of rotatable bonds is 5. The highest BCUT2D eigenvalue weighted by molar-refractivity contribution is 8.12. The zero-order valence-corrected chi connectivity index (χ0v) is 10.9. The summed E-state index contributed by atoms with van der Waals surface area (Å²) in [5.74, 6) is 0. The average molecular weight is 237 g/mol. The van der Waals surface area contributed by atoms with Crippen LogP contribution in [0.3, 0.4) is 0 Å². The number of thioether (sulfide) groups is 1. The summed E-state index contributed by atoms with van der Waals surface area (Å²) in [6.45, 7) is 4.14. The molecule has 0 aliphatic rings. The molecule has 0 heterocycles. The molecule has 0 saturated carbocycles. The number of hydrogen-bond donors (Lipinski definition) is 2. The van der Waals surface area contributed by atoms with Crippen molar-refractivity contribution in [3.05, 3.63) is 35.9 Å². The number of benzene rings is 1. The van der Waals surface area contributed by atoms with E-state index in [4.69, 9.17) is 0 Å². The van der Waals surface area contributed by atoms with Gasteiger partial charge in [-0.25, -0.2) is 0 Å². The standard InChI is InChI=1S/C13H20N2S/c1-3-4-10-14-13(16-2)15-11-12-8-6-5-7-9-12/h5-9H,3-4,10-11H2,1-2H3,(H,14,15)/p+1. The van der Waals surface area contributed by atoms with Gasteiger partial charge in [-0.05, 0) is 30.0 Å². The topological polar surface area (TPSA) is 26.0 Å². The van der Waals surface area contributed by atoms with Crippen molar-refractivity contribution in [3.63, 3.8) is 0 Å². The second kappa shape index (κ2) is 8.22. The SMILES string of the molecule is CCCCNC(=[NH+]Cc1ccccc1)SC. The molecule has 0 spiro atoms. The maximum Gasteiger partial charge on any atom is 0.304 e. The smallest absolute Gasteiger partial charge is 0.269 e. The highest BCUT2D eigenvalue weighted by Gasteiger charge is 2.02. The lowest BCUT2D eigenvalue weighted by Crippen LogP contribution is -2.73. The van der Waals surface area contributed by atoms with Gasteiger partial charge in [-0.2, -0.15) is 0 Å². The Morgan fingerprint density at radius 3 is 2.69 bits per heavy atom. The molecule has 1 aromatic carbocycles. The predicted molar refractivity (Wildman–Crippen MR) is 72.5 cm³/mol. The molecule has 1 aromatic rings. The van der Waals surface area contributed by atoms with Crippen LogP contribution >= 0.6 is 11.8 Å².